The zero-order chi connectivity index (χ0) is 13.5. The van der Waals surface area contributed by atoms with Crippen molar-refractivity contribution in [1.82, 2.24) is 10.2 Å². The summed E-state index contributed by atoms with van der Waals surface area (Å²) in [5, 5.41) is 13.8. The second-order valence-corrected chi connectivity index (χ2v) is 5.02. The molecule has 18 heavy (non-hydrogen) atoms. The molecule has 0 fully saturated rings. The van der Waals surface area contributed by atoms with Crippen LogP contribution in [0.25, 0.3) is 0 Å². The molecule has 0 aromatic carbocycles. The van der Waals surface area contributed by atoms with E-state index in [1.165, 1.54) is 11.3 Å². The fourth-order valence-corrected chi connectivity index (χ4v) is 2.44. The molecule has 1 N–H and O–H groups in total. The van der Waals surface area contributed by atoms with Crippen molar-refractivity contribution in [2.75, 3.05) is 13.1 Å². The number of rotatable bonds is 6. The number of carbonyl (C=O) groups excluding carboxylic acids is 1. The van der Waals surface area contributed by atoms with Gasteiger partial charge >= 0.3 is 0 Å². The Labute approximate surface area is 112 Å². The SMILES string of the molecule is CCN(CC)C(=O)C(C)NCc1cc(C#N)cs1. The molecule has 0 radical (unpaired) electrons. The molecule has 98 valence electrons. The van der Waals surface area contributed by atoms with Gasteiger partial charge in [0.1, 0.15) is 6.07 Å². The van der Waals surface area contributed by atoms with E-state index in [0.29, 0.717) is 12.1 Å². The number of likely N-dealkylation sites (N-methyl/N-ethyl adjacent to an activating group) is 1. The summed E-state index contributed by atoms with van der Waals surface area (Å²) in [5.41, 5.74) is 0.680. The second kappa shape index (κ2) is 7.14. The lowest BCUT2D eigenvalue weighted by molar-refractivity contribution is -0.132. The molecule has 1 rings (SSSR count). The smallest absolute Gasteiger partial charge is 0.239 e. The molecule has 1 heterocycles. The van der Waals surface area contributed by atoms with Gasteiger partial charge in [0.15, 0.2) is 0 Å². The zero-order valence-electron chi connectivity index (χ0n) is 11.1. The third kappa shape index (κ3) is 3.83. The van der Waals surface area contributed by atoms with Gasteiger partial charge in [0, 0.05) is 29.9 Å². The Kier molecular flexibility index (Phi) is 5.83. The molecule has 0 spiro atoms. The summed E-state index contributed by atoms with van der Waals surface area (Å²) in [5.74, 6) is 0.122. The van der Waals surface area contributed by atoms with Crippen molar-refractivity contribution >= 4 is 17.2 Å². The third-order valence-corrected chi connectivity index (χ3v) is 3.75. The summed E-state index contributed by atoms with van der Waals surface area (Å²) in [6, 6.07) is 3.76. The summed E-state index contributed by atoms with van der Waals surface area (Å²) in [4.78, 5) is 14.9. The molecule has 1 unspecified atom stereocenters. The minimum Gasteiger partial charge on any atom is -0.342 e. The summed E-state index contributed by atoms with van der Waals surface area (Å²) in [6.45, 7) is 7.93. The summed E-state index contributed by atoms with van der Waals surface area (Å²) in [6.07, 6.45) is 0. The van der Waals surface area contributed by atoms with Gasteiger partial charge in [0.25, 0.3) is 0 Å². The first kappa shape index (κ1) is 14.7. The van der Waals surface area contributed by atoms with Gasteiger partial charge in [-0.15, -0.1) is 11.3 Å². The van der Waals surface area contributed by atoms with Crippen LogP contribution in [0, 0.1) is 11.3 Å². The molecule has 4 nitrogen and oxygen atoms in total. The molecule has 0 saturated heterocycles. The number of thiophene rings is 1. The van der Waals surface area contributed by atoms with Crippen molar-refractivity contribution in [2.24, 2.45) is 0 Å². The fourth-order valence-electron chi connectivity index (χ4n) is 1.68. The van der Waals surface area contributed by atoms with E-state index in [0.717, 1.165) is 18.0 Å². The third-order valence-electron chi connectivity index (χ3n) is 2.81. The van der Waals surface area contributed by atoms with E-state index in [9.17, 15) is 4.79 Å². The first-order valence-electron chi connectivity index (χ1n) is 6.12. The first-order chi connectivity index (χ1) is 8.62. The molecule has 1 aromatic rings. The fraction of sp³-hybridized carbons (Fsp3) is 0.538. The lowest BCUT2D eigenvalue weighted by Gasteiger charge is -2.23. The molecule has 1 amide bonds. The monoisotopic (exact) mass is 265 g/mol. The van der Waals surface area contributed by atoms with Crippen LogP contribution < -0.4 is 5.32 Å². The number of nitrogens with one attached hydrogen (secondary N) is 1. The number of nitrogens with zero attached hydrogens (tertiary/aromatic N) is 2. The maximum atomic E-state index is 12.0. The average Bonchev–Trinajstić information content (AvgIpc) is 2.85. The Morgan fingerprint density at radius 3 is 2.72 bits per heavy atom. The molecular weight excluding hydrogens is 246 g/mol. The van der Waals surface area contributed by atoms with Crippen LogP contribution in [-0.4, -0.2) is 29.9 Å². The van der Waals surface area contributed by atoms with Crippen LogP contribution in [-0.2, 0) is 11.3 Å². The van der Waals surface area contributed by atoms with E-state index < -0.39 is 0 Å². The van der Waals surface area contributed by atoms with Crippen molar-refractivity contribution in [3.05, 3.63) is 21.9 Å². The highest BCUT2D eigenvalue weighted by Crippen LogP contribution is 2.13. The first-order valence-corrected chi connectivity index (χ1v) is 7.00. The van der Waals surface area contributed by atoms with Crippen molar-refractivity contribution in [1.29, 1.82) is 5.26 Å². The van der Waals surface area contributed by atoms with Crippen LogP contribution >= 0.6 is 11.3 Å². The Hall–Kier alpha value is -1.38. The highest BCUT2D eigenvalue weighted by Gasteiger charge is 2.17. The van der Waals surface area contributed by atoms with Gasteiger partial charge in [-0.25, -0.2) is 0 Å². The van der Waals surface area contributed by atoms with Crippen molar-refractivity contribution in [2.45, 2.75) is 33.4 Å². The lowest BCUT2D eigenvalue weighted by atomic mass is 10.2. The Morgan fingerprint density at radius 2 is 2.22 bits per heavy atom. The number of nitriles is 1. The molecule has 0 aliphatic carbocycles. The molecular formula is C13H19N3OS. The Balaban J connectivity index is 2.48. The van der Waals surface area contributed by atoms with Crippen LogP contribution in [0.1, 0.15) is 31.2 Å². The zero-order valence-corrected chi connectivity index (χ0v) is 11.9. The summed E-state index contributed by atoms with van der Waals surface area (Å²) < 4.78 is 0. The predicted molar refractivity (Wildman–Crippen MR) is 73.3 cm³/mol. The van der Waals surface area contributed by atoms with E-state index in [-0.39, 0.29) is 11.9 Å². The average molecular weight is 265 g/mol. The van der Waals surface area contributed by atoms with Crippen molar-refractivity contribution in [3.8, 4) is 6.07 Å². The van der Waals surface area contributed by atoms with Crippen LogP contribution in [0.15, 0.2) is 11.4 Å². The van der Waals surface area contributed by atoms with E-state index in [2.05, 4.69) is 11.4 Å². The van der Waals surface area contributed by atoms with E-state index in [4.69, 9.17) is 5.26 Å². The molecule has 0 saturated carbocycles. The highest BCUT2D eigenvalue weighted by atomic mass is 32.1. The van der Waals surface area contributed by atoms with Crippen molar-refractivity contribution < 1.29 is 4.79 Å². The van der Waals surface area contributed by atoms with E-state index >= 15 is 0 Å². The van der Waals surface area contributed by atoms with Crippen LogP contribution in [0.3, 0.4) is 0 Å². The Morgan fingerprint density at radius 1 is 1.56 bits per heavy atom. The molecule has 1 atom stereocenters. The van der Waals surface area contributed by atoms with Crippen LogP contribution in [0.4, 0.5) is 0 Å². The maximum absolute atomic E-state index is 12.0. The summed E-state index contributed by atoms with van der Waals surface area (Å²) >= 11 is 1.54. The second-order valence-electron chi connectivity index (χ2n) is 4.03. The number of hydrogen-bond donors (Lipinski definition) is 1. The number of hydrogen-bond acceptors (Lipinski definition) is 4. The van der Waals surface area contributed by atoms with E-state index in [1.54, 1.807) is 0 Å². The van der Waals surface area contributed by atoms with Crippen molar-refractivity contribution in [3.63, 3.8) is 0 Å². The predicted octanol–water partition coefficient (Wildman–Crippen LogP) is 1.97. The molecule has 0 bridgehead atoms. The van der Waals surface area contributed by atoms with Gasteiger partial charge in [-0.3, -0.25) is 4.79 Å². The largest absolute Gasteiger partial charge is 0.342 e. The van der Waals surface area contributed by atoms with Gasteiger partial charge in [-0.1, -0.05) is 0 Å². The topological polar surface area (TPSA) is 56.1 Å². The van der Waals surface area contributed by atoms with Gasteiger partial charge in [-0.05, 0) is 26.8 Å². The minimum atomic E-state index is -0.197. The standard InChI is InChI=1S/C13H19N3OS/c1-4-16(5-2)13(17)10(3)15-8-12-6-11(7-14)9-18-12/h6,9-10,15H,4-5,8H2,1-3H3. The van der Waals surface area contributed by atoms with Crippen LogP contribution in [0.5, 0.6) is 0 Å². The molecule has 5 heteroatoms. The Bertz CT molecular complexity index is 432. The van der Waals surface area contributed by atoms with Gasteiger partial charge in [0.05, 0.1) is 11.6 Å². The normalized spacial score (nSPS) is 11.9. The highest BCUT2D eigenvalue weighted by molar-refractivity contribution is 7.10. The quantitative estimate of drug-likeness (QED) is 0.855. The van der Waals surface area contributed by atoms with Crippen LogP contribution in [0.2, 0.25) is 0 Å². The summed E-state index contributed by atoms with van der Waals surface area (Å²) in [7, 11) is 0. The molecule has 0 aliphatic heterocycles. The lowest BCUT2D eigenvalue weighted by Crippen LogP contribution is -2.44. The van der Waals surface area contributed by atoms with Gasteiger partial charge in [-0.2, -0.15) is 5.26 Å². The number of amides is 1. The van der Waals surface area contributed by atoms with Gasteiger partial charge < -0.3 is 10.2 Å². The minimum absolute atomic E-state index is 0.122. The van der Waals surface area contributed by atoms with Gasteiger partial charge in [0.2, 0.25) is 5.91 Å². The maximum Gasteiger partial charge on any atom is 0.239 e. The molecule has 0 aliphatic rings. The van der Waals surface area contributed by atoms with E-state index in [1.807, 2.05) is 37.1 Å². The number of carbonyl (C=O) groups is 1. The molecule has 1 aromatic heterocycles.